The smallest absolute Gasteiger partial charge is 0.240 e. The Morgan fingerprint density at radius 3 is 2.29 bits per heavy atom. The number of nitrogens with one attached hydrogen (secondary N) is 1. The zero-order valence-corrected chi connectivity index (χ0v) is 15.4. The summed E-state index contributed by atoms with van der Waals surface area (Å²) in [7, 11) is 0. The van der Waals surface area contributed by atoms with E-state index in [-0.39, 0.29) is 24.9 Å². The molecule has 1 saturated heterocycles. The van der Waals surface area contributed by atoms with Gasteiger partial charge in [-0.25, -0.2) is 4.98 Å². The van der Waals surface area contributed by atoms with Crippen LogP contribution in [0.4, 0.5) is 0 Å². The first-order chi connectivity index (χ1) is 13.7. The molecule has 6 nitrogen and oxygen atoms in total. The zero-order valence-electron chi connectivity index (χ0n) is 15.4. The SMILES string of the molecule is O=C(CN1CCC(c2ccccc2)(c2ccccc2)C1=O)NCc1ncco1. The van der Waals surface area contributed by atoms with Gasteiger partial charge in [-0.05, 0) is 17.5 Å². The number of nitrogens with zero attached hydrogens (tertiary/aromatic N) is 2. The van der Waals surface area contributed by atoms with Crippen molar-refractivity contribution >= 4 is 11.8 Å². The number of hydrogen-bond acceptors (Lipinski definition) is 4. The van der Waals surface area contributed by atoms with Crippen molar-refractivity contribution < 1.29 is 14.0 Å². The Balaban J connectivity index is 1.55. The zero-order chi connectivity index (χ0) is 19.4. The summed E-state index contributed by atoms with van der Waals surface area (Å²) >= 11 is 0. The Morgan fingerprint density at radius 1 is 1.07 bits per heavy atom. The van der Waals surface area contributed by atoms with Gasteiger partial charge in [-0.1, -0.05) is 60.7 Å². The van der Waals surface area contributed by atoms with E-state index >= 15 is 0 Å². The molecule has 0 atom stereocenters. The first kappa shape index (κ1) is 18.0. The normalized spacial score (nSPS) is 15.6. The first-order valence-corrected chi connectivity index (χ1v) is 9.25. The van der Waals surface area contributed by atoms with Gasteiger partial charge in [0.05, 0.1) is 19.3 Å². The van der Waals surface area contributed by atoms with E-state index in [0.717, 1.165) is 11.1 Å². The fraction of sp³-hybridized carbons (Fsp3) is 0.227. The molecule has 0 saturated carbocycles. The van der Waals surface area contributed by atoms with Crippen LogP contribution in [-0.2, 0) is 21.5 Å². The van der Waals surface area contributed by atoms with Gasteiger partial charge in [0.15, 0.2) is 0 Å². The number of aromatic nitrogens is 1. The topological polar surface area (TPSA) is 75.4 Å². The van der Waals surface area contributed by atoms with Crippen LogP contribution in [0.25, 0.3) is 0 Å². The van der Waals surface area contributed by atoms with Crippen LogP contribution in [-0.4, -0.2) is 34.8 Å². The van der Waals surface area contributed by atoms with Gasteiger partial charge in [0, 0.05) is 6.54 Å². The fourth-order valence-corrected chi connectivity index (χ4v) is 3.82. The summed E-state index contributed by atoms with van der Waals surface area (Å²) in [6, 6.07) is 19.6. The van der Waals surface area contributed by atoms with E-state index in [4.69, 9.17) is 4.42 Å². The monoisotopic (exact) mass is 375 g/mol. The highest BCUT2D eigenvalue weighted by Gasteiger charge is 2.49. The summed E-state index contributed by atoms with van der Waals surface area (Å²) in [4.78, 5) is 31.5. The number of likely N-dealkylation sites (tertiary alicyclic amines) is 1. The Labute approximate surface area is 163 Å². The Hall–Kier alpha value is -3.41. The molecule has 142 valence electrons. The molecule has 0 spiro atoms. The van der Waals surface area contributed by atoms with Crippen molar-refractivity contribution in [3.05, 3.63) is 90.1 Å². The third kappa shape index (κ3) is 3.29. The van der Waals surface area contributed by atoms with Gasteiger partial charge in [0.2, 0.25) is 17.7 Å². The minimum Gasteiger partial charge on any atom is -0.447 e. The first-order valence-electron chi connectivity index (χ1n) is 9.25. The summed E-state index contributed by atoms with van der Waals surface area (Å²) < 4.78 is 5.12. The number of benzene rings is 2. The quantitative estimate of drug-likeness (QED) is 0.718. The molecule has 1 fully saturated rings. The van der Waals surface area contributed by atoms with Crippen molar-refractivity contribution in [1.82, 2.24) is 15.2 Å². The molecule has 2 amide bonds. The highest BCUT2D eigenvalue weighted by Crippen LogP contribution is 2.41. The van der Waals surface area contributed by atoms with Crippen LogP contribution in [0.1, 0.15) is 23.4 Å². The van der Waals surface area contributed by atoms with E-state index in [9.17, 15) is 9.59 Å². The third-order valence-corrected chi connectivity index (χ3v) is 5.20. The molecular weight excluding hydrogens is 354 g/mol. The minimum atomic E-state index is -0.759. The fourth-order valence-electron chi connectivity index (χ4n) is 3.82. The van der Waals surface area contributed by atoms with E-state index in [1.807, 2.05) is 60.7 Å². The van der Waals surface area contributed by atoms with Gasteiger partial charge in [-0.15, -0.1) is 0 Å². The Morgan fingerprint density at radius 2 is 1.71 bits per heavy atom. The molecule has 0 aliphatic carbocycles. The molecule has 0 unspecified atom stereocenters. The average Bonchev–Trinajstić information content (AvgIpc) is 3.37. The second-order valence-electron chi connectivity index (χ2n) is 6.82. The van der Waals surface area contributed by atoms with Crippen LogP contribution in [0.15, 0.2) is 77.5 Å². The van der Waals surface area contributed by atoms with Gasteiger partial charge in [0.1, 0.15) is 11.7 Å². The average molecular weight is 375 g/mol. The number of oxazole rings is 1. The molecule has 1 N–H and O–H groups in total. The number of carbonyl (C=O) groups is 2. The van der Waals surface area contributed by atoms with Gasteiger partial charge in [-0.2, -0.15) is 0 Å². The second kappa shape index (κ2) is 7.68. The van der Waals surface area contributed by atoms with E-state index in [1.54, 1.807) is 4.90 Å². The summed E-state index contributed by atoms with van der Waals surface area (Å²) in [5.41, 5.74) is 1.15. The lowest BCUT2D eigenvalue weighted by Gasteiger charge is -2.29. The molecule has 0 radical (unpaired) electrons. The summed E-state index contributed by atoms with van der Waals surface area (Å²) in [6.07, 6.45) is 3.62. The van der Waals surface area contributed by atoms with E-state index in [0.29, 0.717) is 18.9 Å². The molecule has 6 heteroatoms. The number of carbonyl (C=O) groups excluding carboxylic acids is 2. The molecule has 0 bridgehead atoms. The lowest BCUT2D eigenvalue weighted by atomic mass is 9.73. The molecule has 3 aromatic rings. The van der Waals surface area contributed by atoms with Crippen LogP contribution in [0, 0.1) is 0 Å². The summed E-state index contributed by atoms with van der Waals surface area (Å²) in [6.45, 7) is 0.742. The van der Waals surface area contributed by atoms with E-state index < -0.39 is 5.41 Å². The standard InChI is InChI=1S/C22H21N3O3/c26-19(24-15-20-23-12-14-28-20)16-25-13-11-22(21(25)27,17-7-3-1-4-8-17)18-9-5-2-6-10-18/h1-10,12,14H,11,13,15-16H2,(H,24,26). The highest BCUT2D eigenvalue weighted by atomic mass is 16.3. The van der Waals surface area contributed by atoms with Gasteiger partial charge >= 0.3 is 0 Å². The largest absolute Gasteiger partial charge is 0.447 e. The van der Waals surface area contributed by atoms with Crippen molar-refractivity contribution in [2.75, 3.05) is 13.1 Å². The highest BCUT2D eigenvalue weighted by molar-refractivity contribution is 5.96. The van der Waals surface area contributed by atoms with Crippen LogP contribution >= 0.6 is 0 Å². The molecule has 1 aliphatic heterocycles. The Kier molecular flexibility index (Phi) is 4.93. The van der Waals surface area contributed by atoms with Crippen molar-refractivity contribution in [3.63, 3.8) is 0 Å². The maximum Gasteiger partial charge on any atom is 0.240 e. The lowest BCUT2D eigenvalue weighted by Crippen LogP contribution is -2.43. The van der Waals surface area contributed by atoms with Gasteiger partial charge in [0.25, 0.3) is 0 Å². The van der Waals surface area contributed by atoms with Crippen LogP contribution in [0.2, 0.25) is 0 Å². The van der Waals surface area contributed by atoms with Gasteiger partial charge in [-0.3, -0.25) is 9.59 Å². The number of rotatable bonds is 6. The second-order valence-corrected chi connectivity index (χ2v) is 6.82. The van der Waals surface area contributed by atoms with Crippen molar-refractivity contribution in [2.24, 2.45) is 0 Å². The lowest BCUT2D eigenvalue weighted by molar-refractivity contribution is -0.135. The molecular formula is C22H21N3O3. The molecule has 4 rings (SSSR count). The van der Waals surface area contributed by atoms with E-state index in [1.165, 1.54) is 12.5 Å². The molecule has 1 aliphatic rings. The minimum absolute atomic E-state index is 0.0148. The van der Waals surface area contributed by atoms with Crippen LogP contribution in [0.3, 0.4) is 0 Å². The molecule has 2 heterocycles. The van der Waals surface area contributed by atoms with Gasteiger partial charge < -0.3 is 14.6 Å². The maximum atomic E-state index is 13.5. The third-order valence-electron chi connectivity index (χ3n) is 5.20. The van der Waals surface area contributed by atoms with Crippen LogP contribution in [0.5, 0.6) is 0 Å². The number of hydrogen-bond donors (Lipinski definition) is 1. The Bertz CT molecular complexity index is 900. The van der Waals surface area contributed by atoms with E-state index in [2.05, 4.69) is 10.3 Å². The predicted octanol–water partition coefficient (Wildman–Crippen LogP) is 2.51. The van der Waals surface area contributed by atoms with Crippen molar-refractivity contribution in [1.29, 1.82) is 0 Å². The van der Waals surface area contributed by atoms with Crippen molar-refractivity contribution in [2.45, 2.75) is 18.4 Å². The predicted molar refractivity (Wildman–Crippen MR) is 103 cm³/mol. The maximum absolute atomic E-state index is 13.5. The number of amides is 2. The summed E-state index contributed by atoms with van der Waals surface area (Å²) in [5, 5.41) is 2.75. The van der Waals surface area contributed by atoms with Crippen molar-refractivity contribution in [3.8, 4) is 0 Å². The van der Waals surface area contributed by atoms with Crippen LogP contribution < -0.4 is 5.32 Å². The molecule has 1 aromatic heterocycles. The summed E-state index contributed by atoms with van der Waals surface area (Å²) in [5.74, 6) is 0.156. The molecule has 28 heavy (non-hydrogen) atoms. The molecule has 2 aromatic carbocycles.